The smallest absolute Gasteiger partial charge is 0.119 e. The molecule has 2 heteroatoms. The molecule has 2 aromatic rings. The highest BCUT2D eigenvalue weighted by molar-refractivity contribution is 5.67. The Morgan fingerprint density at radius 3 is 2.00 bits per heavy atom. The van der Waals surface area contributed by atoms with Crippen molar-refractivity contribution in [3.8, 4) is 5.75 Å². The van der Waals surface area contributed by atoms with Crippen molar-refractivity contribution in [1.82, 2.24) is 0 Å². The number of rotatable bonds is 9. The van der Waals surface area contributed by atoms with Crippen LogP contribution in [0, 0.1) is 0 Å². The first-order valence-corrected chi connectivity index (χ1v) is 10.4. The molecule has 0 unspecified atom stereocenters. The molecule has 0 saturated carbocycles. The molecule has 0 spiro atoms. The zero-order chi connectivity index (χ0) is 20.1. The first-order chi connectivity index (χ1) is 12.8. The van der Waals surface area contributed by atoms with Gasteiger partial charge in [-0.25, -0.2) is 0 Å². The molecule has 0 aliphatic heterocycles. The standard InChI is InChI=1S/C25H37NO/c1-8-18-24(4,5)20-12-11-13-22(19-20)26(25(6,9-2)10-3)21-14-16-23(27-7)17-15-21/h11-17,19H,8-10,18H2,1-7H3. The maximum Gasteiger partial charge on any atom is 0.119 e. The lowest BCUT2D eigenvalue weighted by molar-refractivity contribution is 0.413. The third kappa shape index (κ3) is 4.66. The van der Waals surface area contributed by atoms with E-state index in [9.17, 15) is 0 Å². The predicted molar refractivity (Wildman–Crippen MR) is 118 cm³/mol. The van der Waals surface area contributed by atoms with E-state index in [0.29, 0.717) is 0 Å². The second-order valence-electron chi connectivity index (χ2n) is 8.42. The molecule has 0 atom stereocenters. The summed E-state index contributed by atoms with van der Waals surface area (Å²) in [6.07, 6.45) is 4.55. The topological polar surface area (TPSA) is 12.5 Å². The van der Waals surface area contributed by atoms with Crippen molar-refractivity contribution in [3.63, 3.8) is 0 Å². The molecule has 2 nitrogen and oxygen atoms in total. The van der Waals surface area contributed by atoms with Gasteiger partial charge in [-0.1, -0.05) is 53.2 Å². The van der Waals surface area contributed by atoms with Crippen molar-refractivity contribution in [3.05, 3.63) is 54.1 Å². The maximum atomic E-state index is 5.37. The maximum absolute atomic E-state index is 5.37. The van der Waals surface area contributed by atoms with Gasteiger partial charge in [0.1, 0.15) is 5.75 Å². The number of methoxy groups -OCH3 is 1. The van der Waals surface area contributed by atoms with Gasteiger partial charge >= 0.3 is 0 Å². The average Bonchev–Trinajstić information content (AvgIpc) is 2.68. The minimum absolute atomic E-state index is 0.0576. The Labute approximate surface area is 166 Å². The largest absolute Gasteiger partial charge is 0.497 e. The van der Waals surface area contributed by atoms with Crippen LogP contribution in [0.25, 0.3) is 0 Å². The molecule has 0 saturated heterocycles. The summed E-state index contributed by atoms with van der Waals surface area (Å²) in [4.78, 5) is 2.51. The molecule has 0 bridgehead atoms. The van der Waals surface area contributed by atoms with Gasteiger partial charge in [0.25, 0.3) is 0 Å². The molecular weight excluding hydrogens is 330 g/mol. The molecule has 27 heavy (non-hydrogen) atoms. The zero-order valence-electron chi connectivity index (χ0n) is 18.3. The molecule has 0 fully saturated rings. The highest BCUT2D eigenvalue weighted by atomic mass is 16.5. The van der Waals surface area contributed by atoms with E-state index in [1.54, 1.807) is 7.11 Å². The fraction of sp³-hybridized carbons (Fsp3) is 0.520. The summed E-state index contributed by atoms with van der Waals surface area (Å²) >= 11 is 0. The number of benzene rings is 2. The Morgan fingerprint density at radius 2 is 1.48 bits per heavy atom. The quantitative estimate of drug-likeness (QED) is 0.455. The first-order valence-electron chi connectivity index (χ1n) is 10.4. The summed E-state index contributed by atoms with van der Waals surface area (Å²) < 4.78 is 5.37. The van der Waals surface area contributed by atoms with Crippen molar-refractivity contribution >= 4 is 11.4 Å². The molecular formula is C25H37NO. The second-order valence-corrected chi connectivity index (χ2v) is 8.42. The molecule has 0 aliphatic rings. The molecule has 2 aromatic carbocycles. The van der Waals surface area contributed by atoms with Crippen LogP contribution in [0.1, 0.15) is 72.8 Å². The first kappa shape index (κ1) is 21.3. The molecule has 0 heterocycles. The van der Waals surface area contributed by atoms with Crippen LogP contribution >= 0.6 is 0 Å². The van der Waals surface area contributed by atoms with E-state index in [1.807, 2.05) is 0 Å². The van der Waals surface area contributed by atoms with Gasteiger partial charge < -0.3 is 9.64 Å². The van der Waals surface area contributed by atoms with Gasteiger partial charge in [0, 0.05) is 16.9 Å². The highest BCUT2D eigenvalue weighted by Crippen LogP contribution is 2.40. The van der Waals surface area contributed by atoms with Crippen LogP contribution in [0.2, 0.25) is 0 Å². The van der Waals surface area contributed by atoms with Crippen molar-refractivity contribution in [1.29, 1.82) is 0 Å². The number of hydrogen-bond acceptors (Lipinski definition) is 2. The predicted octanol–water partition coefficient (Wildman–Crippen LogP) is 7.49. The van der Waals surface area contributed by atoms with Gasteiger partial charge in [-0.2, -0.15) is 0 Å². The number of nitrogens with zero attached hydrogens (tertiary/aromatic N) is 1. The summed E-state index contributed by atoms with van der Waals surface area (Å²) in [5, 5.41) is 0. The zero-order valence-corrected chi connectivity index (χ0v) is 18.3. The lowest BCUT2D eigenvalue weighted by Crippen LogP contribution is -2.42. The van der Waals surface area contributed by atoms with Crippen LogP contribution in [-0.4, -0.2) is 12.6 Å². The third-order valence-electron chi connectivity index (χ3n) is 6.15. The van der Waals surface area contributed by atoms with E-state index < -0.39 is 0 Å². The van der Waals surface area contributed by atoms with Crippen LogP contribution in [-0.2, 0) is 5.41 Å². The van der Waals surface area contributed by atoms with E-state index in [-0.39, 0.29) is 11.0 Å². The van der Waals surface area contributed by atoms with Crippen molar-refractivity contribution in [2.45, 2.75) is 78.2 Å². The van der Waals surface area contributed by atoms with Crippen LogP contribution in [0.15, 0.2) is 48.5 Å². The van der Waals surface area contributed by atoms with Gasteiger partial charge in [0.05, 0.1) is 7.11 Å². The average molecular weight is 368 g/mol. The summed E-state index contributed by atoms with van der Waals surface area (Å²) in [6.45, 7) is 13.9. The molecule has 0 N–H and O–H groups in total. The molecule has 0 aromatic heterocycles. The van der Waals surface area contributed by atoms with Crippen molar-refractivity contribution in [2.24, 2.45) is 0 Å². The Kier molecular flexibility index (Phi) is 6.97. The third-order valence-corrected chi connectivity index (χ3v) is 6.15. The normalized spacial score (nSPS) is 12.1. The van der Waals surface area contributed by atoms with Crippen LogP contribution in [0.3, 0.4) is 0 Å². The minimum atomic E-state index is 0.0576. The van der Waals surface area contributed by atoms with Gasteiger partial charge in [0.15, 0.2) is 0 Å². The second kappa shape index (κ2) is 8.82. The fourth-order valence-corrected chi connectivity index (χ4v) is 3.91. The molecule has 0 radical (unpaired) electrons. The van der Waals surface area contributed by atoms with Crippen LogP contribution < -0.4 is 9.64 Å². The molecule has 148 valence electrons. The summed E-state index contributed by atoms with van der Waals surface area (Å²) in [6, 6.07) is 17.6. The number of anilines is 2. The fourth-order valence-electron chi connectivity index (χ4n) is 3.91. The van der Waals surface area contributed by atoms with Crippen LogP contribution in [0.4, 0.5) is 11.4 Å². The van der Waals surface area contributed by atoms with Gasteiger partial charge in [-0.15, -0.1) is 0 Å². The monoisotopic (exact) mass is 367 g/mol. The number of ether oxygens (including phenoxy) is 1. The van der Waals surface area contributed by atoms with Crippen LogP contribution in [0.5, 0.6) is 5.75 Å². The highest BCUT2D eigenvalue weighted by Gasteiger charge is 2.31. The summed E-state index contributed by atoms with van der Waals surface area (Å²) in [5.41, 5.74) is 4.14. The van der Waals surface area contributed by atoms with Crippen molar-refractivity contribution in [2.75, 3.05) is 12.0 Å². The van der Waals surface area contributed by atoms with E-state index >= 15 is 0 Å². The Bertz CT molecular complexity index is 713. The Morgan fingerprint density at radius 1 is 0.852 bits per heavy atom. The van der Waals surface area contributed by atoms with Gasteiger partial charge in [-0.3, -0.25) is 0 Å². The van der Waals surface area contributed by atoms with E-state index in [4.69, 9.17) is 4.74 Å². The Balaban J connectivity index is 2.57. The number of hydrogen-bond donors (Lipinski definition) is 0. The SMILES string of the molecule is CCCC(C)(C)c1cccc(N(c2ccc(OC)cc2)C(C)(CC)CC)c1. The molecule has 0 amide bonds. The van der Waals surface area contributed by atoms with E-state index in [1.165, 1.54) is 29.8 Å². The van der Waals surface area contributed by atoms with Crippen molar-refractivity contribution < 1.29 is 4.74 Å². The lowest BCUT2D eigenvalue weighted by Gasteiger charge is -2.43. The molecule has 2 rings (SSSR count). The minimum Gasteiger partial charge on any atom is -0.497 e. The molecule has 0 aliphatic carbocycles. The Hall–Kier alpha value is -1.96. The van der Waals surface area contributed by atoms with E-state index in [0.717, 1.165) is 18.6 Å². The summed E-state index contributed by atoms with van der Waals surface area (Å²) in [7, 11) is 1.72. The van der Waals surface area contributed by atoms with Gasteiger partial charge in [0.2, 0.25) is 0 Å². The van der Waals surface area contributed by atoms with E-state index in [2.05, 4.69) is 95.0 Å². The summed E-state index contributed by atoms with van der Waals surface area (Å²) in [5.74, 6) is 0.895. The van der Waals surface area contributed by atoms with Gasteiger partial charge in [-0.05, 0) is 73.6 Å². The lowest BCUT2D eigenvalue weighted by atomic mass is 9.80.